The molecule has 2 heterocycles. The lowest BCUT2D eigenvalue weighted by Crippen LogP contribution is -2.40. The fraction of sp³-hybridized carbons (Fsp3) is 0.154. The number of aryl methyl sites for hydroxylation is 1. The Kier molecular flexibility index (Phi) is 2.79. The van der Waals surface area contributed by atoms with Crippen molar-refractivity contribution in [3.05, 3.63) is 45.1 Å². The molecule has 0 atom stereocenters. The highest BCUT2D eigenvalue weighted by Gasteiger charge is 2.20. The maximum Gasteiger partial charge on any atom is 0.353 e. The van der Waals surface area contributed by atoms with Crippen LogP contribution in [-0.2, 0) is 18.4 Å². The molecule has 8 heteroatoms. The lowest BCUT2D eigenvalue weighted by Gasteiger charge is -2.13. The third-order valence-electron chi connectivity index (χ3n) is 3.18. The second-order valence-corrected chi connectivity index (χ2v) is 4.51. The van der Waals surface area contributed by atoms with Crippen LogP contribution < -0.4 is 11.2 Å². The Morgan fingerprint density at radius 2 is 1.95 bits per heavy atom. The summed E-state index contributed by atoms with van der Waals surface area (Å²) < 4.78 is 2.15. The Hall–Kier alpha value is -3.03. The SMILES string of the molecule is Cn1c2nc(=O)n(CC(=O)O)c(=O)c-2nc2ccccc21. The van der Waals surface area contributed by atoms with Crippen LogP contribution in [0.25, 0.3) is 22.6 Å². The molecule has 0 bridgehead atoms. The summed E-state index contributed by atoms with van der Waals surface area (Å²) in [5, 5.41) is 8.76. The molecule has 0 radical (unpaired) electrons. The summed E-state index contributed by atoms with van der Waals surface area (Å²) in [4.78, 5) is 42.8. The third kappa shape index (κ3) is 1.97. The zero-order chi connectivity index (χ0) is 15.1. The molecular formula is C13H10N4O4. The number of para-hydroxylation sites is 2. The molecule has 3 rings (SSSR count). The minimum Gasteiger partial charge on any atom is -0.480 e. The third-order valence-corrected chi connectivity index (χ3v) is 3.18. The van der Waals surface area contributed by atoms with Crippen LogP contribution in [0.5, 0.6) is 0 Å². The number of nitrogens with zero attached hydrogens (tertiary/aromatic N) is 4. The van der Waals surface area contributed by atoms with E-state index in [1.165, 1.54) is 0 Å². The lowest BCUT2D eigenvalue weighted by atomic mass is 10.2. The number of benzene rings is 1. The van der Waals surface area contributed by atoms with Crippen molar-refractivity contribution in [2.45, 2.75) is 6.54 Å². The largest absolute Gasteiger partial charge is 0.480 e. The van der Waals surface area contributed by atoms with Crippen LogP contribution in [0.15, 0.2) is 33.9 Å². The number of rotatable bonds is 2. The summed E-state index contributed by atoms with van der Waals surface area (Å²) in [6.07, 6.45) is 0. The first-order valence-corrected chi connectivity index (χ1v) is 6.07. The average molecular weight is 286 g/mol. The Labute approximate surface area is 117 Å². The van der Waals surface area contributed by atoms with Crippen molar-refractivity contribution in [1.29, 1.82) is 0 Å². The monoisotopic (exact) mass is 286 g/mol. The highest BCUT2D eigenvalue weighted by molar-refractivity contribution is 5.79. The highest BCUT2D eigenvalue weighted by Crippen LogP contribution is 2.18. The number of aliphatic carboxylic acids is 1. The maximum absolute atomic E-state index is 12.3. The van der Waals surface area contributed by atoms with E-state index >= 15 is 0 Å². The molecule has 0 spiro atoms. The fourth-order valence-electron chi connectivity index (χ4n) is 2.20. The maximum atomic E-state index is 12.3. The fourth-order valence-corrected chi connectivity index (χ4v) is 2.20. The van der Waals surface area contributed by atoms with Gasteiger partial charge in [-0.1, -0.05) is 12.1 Å². The number of aromatic nitrogens is 4. The summed E-state index contributed by atoms with van der Waals surface area (Å²) in [7, 11) is 1.67. The second-order valence-electron chi connectivity index (χ2n) is 4.51. The Morgan fingerprint density at radius 3 is 2.67 bits per heavy atom. The van der Waals surface area contributed by atoms with Gasteiger partial charge in [-0.25, -0.2) is 14.3 Å². The van der Waals surface area contributed by atoms with Gasteiger partial charge in [0.25, 0.3) is 5.56 Å². The summed E-state index contributed by atoms with van der Waals surface area (Å²) in [6, 6.07) is 7.09. The number of carbonyl (C=O) groups is 1. The minimum absolute atomic E-state index is 0.0305. The first kappa shape index (κ1) is 13.0. The van der Waals surface area contributed by atoms with E-state index in [2.05, 4.69) is 9.97 Å². The van der Waals surface area contributed by atoms with Gasteiger partial charge >= 0.3 is 11.7 Å². The van der Waals surface area contributed by atoms with Gasteiger partial charge in [0.05, 0.1) is 11.0 Å². The smallest absolute Gasteiger partial charge is 0.353 e. The average Bonchev–Trinajstić information content (AvgIpc) is 2.45. The number of fused-ring (bicyclic) bond motifs is 2. The van der Waals surface area contributed by atoms with Crippen molar-refractivity contribution < 1.29 is 9.90 Å². The molecule has 0 amide bonds. The Balaban J connectivity index is 2.47. The van der Waals surface area contributed by atoms with E-state index in [1.54, 1.807) is 35.9 Å². The molecule has 8 nitrogen and oxygen atoms in total. The van der Waals surface area contributed by atoms with Crippen molar-refractivity contribution in [3.8, 4) is 11.5 Å². The van der Waals surface area contributed by atoms with Gasteiger partial charge in [0, 0.05) is 7.05 Å². The summed E-state index contributed by atoms with van der Waals surface area (Å²) in [6.45, 7) is -0.737. The zero-order valence-corrected chi connectivity index (χ0v) is 11.0. The number of carboxylic acids is 1. The minimum atomic E-state index is -1.29. The molecule has 1 N–H and O–H groups in total. The number of hydrogen-bond donors (Lipinski definition) is 1. The van der Waals surface area contributed by atoms with Crippen molar-refractivity contribution in [2.75, 3.05) is 0 Å². The number of hydrogen-bond acceptors (Lipinski definition) is 5. The molecule has 0 aromatic heterocycles. The molecule has 0 unspecified atom stereocenters. The van der Waals surface area contributed by atoms with Gasteiger partial charge in [-0.2, -0.15) is 4.98 Å². The molecule has 106 valence electrons. The van der Waals surface area contributed by atoms with Crippen LogP contribution in [0.3, 0.4) is 0 Å². The summed E-state index contributed by atoms with van der Waals surface area (Å²) in [5.74, 6) is -1.16. The molecule has 21 heavy (non-hydrogen) atoms. The Bertz CT molecular complexity index is 957. The summed E-state index contributed by atoms with van der Waals surface area (Å²) >= 11 is 0. The van der Waals surface area contributed by atoms with Crippen LogP contribution in [0.1, 0.15) is 0 Å². The van der Waals surface area contributed by atoms with Gasteiger partial charge in [-0.15, -0.1) is 0 Å². The van der Waals surface area contributed by atoms with Crippen molar-refractivity contribution in [2.24, 2.45) is 7.05 Å². The lowest BCUT2D eigenvalue weighted by molar-refractivity contribution is -0.137. The van der Waals surface area contributed by atoms with Gasteiger partial charge in [-0.05, 0) is 12.1 Å². The van der Waals surface area contributed by atoms with Crippen LogP contribution >= 0.6 is 0 Å². The van der Waals surface area contributed by atoms with Crippen LogP contribution in [0.2, 0.25) is 0 Å². The molecule has 1 aromatic rings. The van der Waals surface area contributed by atoms with E-state index in [1.807, 2.05) is 0 Å². The standard InChI is InChI=1S/C13H10N4O4/c1-16-8-5-3-2-4-7(8)14-10-11(16)15-13(21)17(12(10)20)6-9(18)19/h2-5H,6H2,1H3,(H,18,19). The summed E-state index contributed by atoms with van der Waals surface area (Å²) in [5.41, 5.74) is -0.410. The Morgan fingerprint density at radius 1 is 1.24 bits per heavy atom. The van der Waals surface area contributed by atoms with Crippen LogP contribution in [0.4, 0.5) is 0 Å². The van der Waals surface area contributed by atoms with Gasteiger partial charge < -0.3 is 9.67 Å². The van der Waals surface area contributed by atoms with Crippen molar-refractivity contribution in [3.63, 3.8) is 0 Å². The molecule has 0 fully saturated rings. The predicted octanol–water partition coefficient (Wildman–Crippen LogP) is -0.320. The van der Waals surface area contributed by atoms with Crippen molar-refractivity contribution >= 4 is 17.0 Å². The molecular weight excluding hydrogens is 276 g/mol. The molecule has 0 saturated carbocycles. The highest BCUT2D eigenvalue weighted by atomic mass is 16.4. The molecule has 2 aliphatic rings. The van der Waals surface area contributed by atoms with E-state index in [0.717, 1.165) is 0 Å². The van der Waals surface area contributed by atoms with Gasteiger partial charge in [0.1, 0.15) is 6.54 Å². The molecule has 2 aliphatic heterocycles. The van der Waals surface area contributed by atoms with Crippen LogP contribution in [0, 0.1) is 0 Å². The van der Waals surface area contributed by atoms with Crippen molar-refractivity contribution in [1.82, 2.24) is 19.1 Å². The normalized spacial score (nSPS) is 11.1. The van der Waals surface area contributed by atoms with E-state index in [4.69, 9.17) is 5.11 Å². The molecule has 1 aromatic carbocycles. The van der Waals surface area contributed by atoms with E-state index < -0.39 is 23.8 Å². The van der Waals surface area contributed by atoms with E-state index in [0.29, 0.717) is 15.6 Å². The van der Waals surface area contributed by atoms with E-state index in [-0.39, 0.29) is 11.5 Å². The van der Waals surface area contributed by atoms with Gasteiger partial charge in [0.2, 0.25) is 0 Å². The first-order valence-electron chi connectivity index (χ1n) is 6.07. The predicted molar refractivity (Wildman–Crippen MR) is 73.3 cm³/mol. The quantitative estimate of drug-likeness (QED) is 0.647. The van der Waals surface area contributed by atoms with Crippen LogP contribution in [-0.4, -0.2) is 30.2 Å². The number of carboxylic acid groups (broad SMARTS) is 1. The molecule has 0 aliphatic carbocycles. The first-order chi connectivity index (χ1) is 9.99. The molecule has 0 saturated heterocycles. The second kappa shape index (κ2) is 4.51. The van der Waals surface area contributed by atoms with Gasteiger partial charge in [0.15, 0.2) is 11.5 Å². The van der Waals surface area contributed by atoms with E-state index in [9.17, 15) is 14.4 Å². The topological polar surface area (TPSA) is 107 Å². The zero-order valence-electron chi connectivity index (χ0n) is 11.0. The van der Waals surface area contributed by atoms with Gasteiger partial charge in [-0.3, -0.25) is 9.59 Å².